The second-order valence-electron chi connectivity index (χ2n) is 1.94. The van der Waals surface area contributed by atoms with Crippen LogP contribution in [0.1, 0.15) is 19.8 Å². The zero-order valence-corrected chi connectivity index (χ0v) is 5.85. The van der Waals surface area contributed by atoms with E-state index in [1.165, 1.54) is 0 Å². The van der Waals surface area contributed by atoms with Crippen molar-refractivity contribution in [1.29, 1.82) is 0 Å². The molecule has 0 heterocycles. The van der Waals surface area contributed by atoms with Gasteiger partial charge >= 0.3 is 0 Å². The summed E-state index contributed by atoms with van der Waals surface area (Å²) in [6.07, 6.45) is 0.366. The molecule has 0 saturated carbocycles. The normalized spacial score (nSPS) is 12.8. The summed E-state index contributed by atoms with van der Waals surface area (Å²) in [7, 11) is 1.56. The molecular weight excluding hydrogens is 118 g/mol. The SMILES string of the molecule is CC[C@@H](O)CC(=O)NC. The lowest BCUT2D eigenvalue weighted by atomic mass is 10.2. The number of rotatable bonds is 3. The zero-order valence-electron chi connectivity index (χ0n) is 5.85. The van der Waals surface area contributed by atoms with Gasteiger partial charge in [0, 0.05) is 7.05 Å². The number of aliphatic hydroxyl groups excluding tert-OH is 1. The molecule has 0 aliphatic heterocycles. The van der Waals surface area contributed by atoms with Gasteiger partial charge in [0.1, 0.15) is 0 Å². The van der Waals surface area contributed by atoms with Crippen LogP contribution in [0.3, 0.4) is 0 Å². The Balaban J connectivity index is 3.34. The second kappa shape index (κ2) is 4.32. The van der Waals surface area contributed by atoms with Gasteiger partial charge in [0.05, 0.1) is 12.5 Å². The average molecular weight is 131 g/mol. The van der Waals surface area contributed by atoms with E-state index in [4.69, 9.17) is 5.11 Å². The Hall–Kier alpha value is -0.570. The van der Waals surface area contributed by atoms with Gasteiger partial charge in [-0.3, -0.25) is 4.79 Å². The third-order valence-electron chi connectivity index (χ3n) is 1.17. The summed E-state index contributed by atoms with van der Waals surface area (Å²) in [5.74, 6) is -0.107. The van der Waals surface area contributed by atoms with Crippen LogP contribution in [0, 0.1) is 0 Å². The van der Waals surface area contributed by atoms with Crippen molar-refractivity contribution in [2.45, 2.75) is 25.9 Å². The van der Waals surface area contributed by atoms with Crippen molar-refractivity contribution in [2.75, 3.05) is 7.05 Å². The molecule has 0 rings (SSSR count). The van der Waals surface area contributed by atoms with E-state index in [9.17, 15) is 4.79 Å². The summed E-state index contributed by atoms with van der Waals surface area (Å²) in [6.45, 7) is 1.84. The van der Waals surface area contributed by atoms with Gasteiger partial charge in [-0.15, -0.1) is 0 Å². The Kier molecular flexibility index (Phi) is 4.05. The molecule has 2 N–H and O–H groups in total. The third kappa shape index (κ3) is 3.97. The molecule has 1 atom stereocenters. The third-order valence-corrected chi connectivity index (χ3v) is 1.17. The number of nitrogens with one attached hydrogen (secondary N) is 1. The molecule has 0 bridgehead atoms. The smallest absolute Gasteiger partial charge is 0.222 e. The lowest BCUT2D eigenvalue weighted by molar-refractivity contribution is -0.122. The highest BCUT2D eigenvalue weighted by molar-refractivity contribution is 5.75. The second-order valence-corrected chi connectivity index (χ2v) is 1.94. The Morgan fingerprint density at radius 1 is 1.78 bits per heavy atom. The molecule has 1 amide bonds. The summed E-state index contributed by atoms with van der Waals surface area (Å²) in [5.41, 5.74) is 0. The quantitative estimate of drug-likeness (QED) is 0.561. The maximum Gasteiger partial charge on any atom is 0.222 e. The molecule has 0 fully saturated rings. The van der Waals surface area contributed by atoms with Gasteiger partial charge in [0.15, 0.2) is 0 Å². The lowest BCUT2D eigenvalue weighted by Crippen LogP contribution is -2.23. The van der Waals surface area contributed by atoms with Gasteiger partial charge in [-0.25, -0.2) is 0 Å². The minimum atomic E-state index is -0.482. The molecule has 9 heavy (non-hydrogen) atoms. The predicted molar refractivity (Wildman–Crippen MR) is 35.0 cm³/mol. The van der Waals surface area contributed by atoms with Crippen LogP contribution >= 0.6 is 0 Å². The van der Waals surface area contributed by atoms with E-state index in [0.717, 1.165) is 0 Å². The number of carbonyl (C=O) groups is 1. The van der Waals surface area contributed by atoms with Crippen LogP contribution in [0.25, 0.3) is 0 Å². The van der Waals surface area contributed by atoms with Crippen molar-refractivity contribution < 1.29 is 9.90 Å². The summed E-state index contributed by atoms with van der Waals surface area (Å²) in [6, 6.07) is 0. The van der Waals surface area contributed by atoms with Crippen molar-refractivity contribution in [2.24, 2.45) is 0 Å². The van der Waals surface area contributed by atoms with Crippen LogP contribution in [0.4, 0.5) is 0 Å². The molecule has 0 aliphatic rings. The molecule has 0 radical (unpaired) electrons. The van der Waals surface area contributed by atoms with Crippen LogP contribution in [-0.2, 0) is 4.79 Å². The summed E-state index contributed by atoms with van der Waals surface area (Å²) in [4.78, 5) is 10.5. The van der Waals surface area contributed by atoms with E-state index in [1.807, 2.05) is 6.92 Å². The summed E-state index contributed by atoms with van der Waals surface area (Å²) in [5, 5.41) is 11.3. The van der Waals surface area contributed by atoms with Crippen molar-refractivity contribution in [3.8, 4) is 0 Å². The first-order valence-corrected chi connectivity index (χ1v) is 3.09. The van der Waals surface area contributed by atoms with E-state index in [2.05, 4.69) is 5.32 Å². The molecule has 0 aromatic rings. The first-order chi connectivity index (χ1) is 4.20. The number of hydrogen-bond donors (Lipinski definition) is 2. The highest BCUT2D eigenvalue weighted by atomic mass is 16.3. The van der Waals surface area contributed by atoms with Crippen LogP contribution in [0.5, 0.6) is 0 Å². The highest BCUT2D eigenvalue weighted by Gasteiger charge is 2.05. The van der Waals surface area contributed by atoms with E-state index in [-0.39, 0.29) is 12.3 Å². The van der Waals surface area contributed by atoms with Gasteiger partial charge in [0.25, 0.3) is 0 Å². The maximum absolute atomic E-state index is 10.5. The summed E-state index contributed by atoms with van der Waals surface area (Å²) < 4.78 is 0. The van der Waals surface area contributed by atoms with Crippen molar-refractivity contribution >= 4 is 5.91 Å². The largest absolute Gasteiger partial charge is 0.393 e. The molecule has 0 saturated heterocycles. The standard InChI is InChI=1S/C6H13NO2/c1-3-5(8)4-6(9)7-2/h5,8H,3-4H2,1-2H3,(H,7,9)/t5-/m1/s1. The Morgan fingerprint density at radius 3 is 2.67 bits per heavy atom. The molecule has 0 unspecified atom stereocenters. The zero-order chi connectivity index (χ0) is 7.28. The van der Waals surface area contributed by atoms with Gasteiger partial charge in [0.2, 0.25) is 5.91 Å². The molecule has 54 valence electrons. The van der Waals surface area contributed by atoms with E-state index < -0.39 is 6.10 Å². The van der Waals surface area contributed by atoms with Crippen molar-refractivity contribution in [3.05, 3.63) is 0 Å². The van der Waals surface area contributed by atoms with Crippen LogP contribution in [0.2, 0.25) is 0 Å². The number of aliphatic hydroxyl groups is 1. The lowest BCUT2D eigenvalue weighted by Gasteiger charge is -2.04. The fourth-order valence-electron chi connectivity index (χ4n) is 0.460. The van der Waals surface area contributed by atoms with Crippen molar-refractivity contribution in [1.82, 2.24) is 5.32 Å². The minimum absolute atomic E-state index is 0.107. The topological polar surface area (TPSA) is 49.3 Å². The van der Waals surface area contributed by atoms with Gasteiger partial charge in [-0.2, -0.15) is 0 Å². The number of amides is 1. The van der Waals surface area contributed by atoms with Crippen LogP contribution in [0.15, 0.2) is 0 Å². The van der Waals surface area contributed by atoms with E-state index >= 15 is 0 Å². The monoisotopic (exact) mass is 131 g/mol. The molecular formula is C6H13NO2. The minimum Gasteiger partial charge on any atom is -0.393 e. The van der Waals surface area contributed by atoms with Crippen LogP contribution < -0.4 is 5.32 Å². The summed E-state index contributed by atoms with van der Waals surface area (Å²) >= 11 is 0. The van der Waals surface area contributed by atoms with E-state index in [0.29, 0.717) is 6.42 Å². The average Bonchev–Trinajstić information content (AvgIpc) is 1.87. The highest BCUT2D eigenvalue weighted by Crippen LogP contribution is 1.94. The van der Waals surface area contributed by atoms with Gasteiger partial charge < -0.3 is 10.4 Å². The van der Waals surface area contributed by atoms with Gasteiger partial charge in [-0.05, 0) is 6.42 Å². The molecule has 0 aromatic heterocycles. The van der Waals surface area contributed by atoms with Crippen molar-refractivity contribution in [3.63, 3.8) is 0 Å². The van der Waals surface area contributed by atoms with Crippen LogP contribution in [-0.4, -0.2) is 24.2 Å². The molecule has 3 heteroatoms. The maximum atomic E-state index is 10.5. The Labute approximate surface area is 55.1 Å². The Bertz CT molecular complexity index is 93.1. The number of carbonyl (C=O) groups excluding carboxylic acids is 1. The Morgan fingerprint density at radius 2 is 2.33 bits per heavy atom. The molecule has 0 aromatic carbocycles. The fourth-order valence-corrected chi connectivity index (χ4v) is 0.460. The molecule has 0 spiro atoms. The first-order valence-electron chi connectivity index (χ1n) is 3.09. The first kappa shape index (κ1) is 8.43. The fraction of sp³-hybridized carbons (Fsp3) is 0.833. The molecule has 0 aliphatic carbocycles. The molecule has 3 nitrogen and oxygen atoms in total. The predicted octanol–water partition coefficient (Wildman–Crippen LogP) is -0.107. The number of hydrogen-bond acceptors (Lipinski definition) is 2. The van der Waals surface area contributed by atoms with E-state index in [1.54, 1.807) is 7.05 Å². The van der Waals surface area contributed by atoms with Gasteiger partial charge in [-0.1, -0.05) is 6.92 Å².